The molecule has 0 amide bonds. The highest BCUT2D eigenvalue weighted by atomic mass is 19.3. The highest BCUT2D eigenvalue weighted by Crippen LogP contribution is 2.60. The first-order valence-electron chi connectivity index (χ1n) is 26.1. The third kappa shape index (κ3) is 6.35. The van der Waals surface area contributed by atoms with E-state index in [9.17, 15) is 0 Å². The fourth-order valence-corrected chi connectivity index (χ4v) is 14.7. The van der Waals surface area contributed by atoms with Crippen molar-refractivity contribution in [2.24, 2.45) is 0 Å². The van der Waals surface area contributed by atoms with E-state index in [2.05, 4.69) is 55.4 Å². The lowest BCUT2D eigenvalue weighted by atomic mass is 9.69. The molecule has 386 valence electrons. The highest BCUT2D eigenvalue weighted by molar-refractivity contribution is 6.17. The SMILES string of the molecule is Cc1c(C)c(C)c2c(C)c3c(F)c4c(C)c5c(C)c(C)c(C)c(C)c5c(C)c4c(F)c3c(C)c2c1C.Cc1c(C)c(C)c2c(C)c3c(c(C)c2c1C)C(F)(F)c1c(c(C)c2c(C)c(C)c(C)c(C)c2c1C)C3(F)F. The van der Waals surface area contributed by atoms with Crippen molar-refractivity contribution in [3.63, 3.8) is 0 Å². The Balaban J connectivity index is 0.000000182. The monoisotopic (exact) mass is 1000 g/mol. The average Bonchev–Trinajstić information content (AvgIpc) is 3.33. The van der Waals surface area contributed by atoms with Crippen LogP contribution in [0.25, 0.3) is 64.6 Å². The van der Waals surface area contributed by atoms with Crippen molar-refractivity contribution in [1.29, 1.82) is 0 Å². The van der Waals surface area contributed by atoms with Crippen molar-refractivity contribution >= 4 is 64.6 Å². The van der Waals surface area contributed by atoms with Crippen molar-refractivity contribution in [1.82, 2.24) is 0 Å². The summed E-state index contributed by atoms with van der Waals surface area (Å²) in [5, 5.41) is 8.66. The predicted molar refractivity (Wildman–Crippen MR) is 304 cm³/mol. The van der Waals surface area contributed by atoms with Crippen molar-refractivity contribution in [3.05, 3.63) is 167 Å². The summed E-state index contributed by atoms with van der Waals surface area (Å²) in [5.74, 6) is -7.73. The molecule has 0 heterocycles. The molecule has 9 aromatic rings. The minimum Gasteiger partial charge on any atom is -0.206 e. The van der Waals surface area contributed by atoms with E-state index >= 15 is 26.3 Å². The van der Waals surface area contributed by atoms with Crippen molar-refractivity contribution in [2.75, 3.05) is 0 Å². The average molecular weight is 1000 g/mol. The van der Waals surface area contributed by atoms with E-state index < -0.39 is 34.1 Å². The Morgan fingerprint density at radius 1 is 0.162 bits per heavy atom. The Hall–Kier alpha value is -5.88. The number of halogens is 6. The maximum Gasteiger partial charge on any atom is 0.300 e. The Kier molecular flexibility index (Phi) is 12.0. The van der Waals surface area contributed by atoms with E-state index in [4.69, 9.17) is 0 Å². The van der Waals surface area contributed by atoms with Crippen LogP contribution >= 0.6 is 0 Å². The molecular weight excluding hydrogens is 931 g/mol. The topological polar surface area (TPSA) is 0 Å². The zero-order chi connectivity index (χ0) is 55.2. The number of fused-ring (bicyclic) bond motifs is 8. The third-order valence-corrected chi connectivity index (χ3v) is 19.9. The van der Waals surface area contributed by atoms with E-state index in [1.54, 1.807) is 27.7 Å². The summed E-state index contributed by atoms with van der Waals surface area (Å²) in [6.45, 7) is 46.8. The van der Waals surface area contributed by atoms with Gasteiger partial charge in [0.2, 0.25) is 0 Å². The third-order valence-electron chi connectivity index (χ3n) is 19.9. The standard InChI is InChI=1S/C34H36F4.C34H36F2/c1-13-14(2)18(6)26-22(10)30-29(21(9)25(26)17(13)5)33(35,36)31-23(11)27-19(7)15(3)16(4)20(8)28(27)24(12)32(31)34(30,37)38;1-13-14(2)18(6)26-22(10)30-29(21(9)25(26)17(13)5)33(35)31-23(11)27-19(7)15(3)16(4)20(8)28(27)24(12)32(31)34(30)36/h1-12H3;1-12H3. The molecule has 0 aromatic heterocycles. The van der Waals surface area contributed by atoms with Crippen LogP contribution in [0, 0.1) is 178 Å². The van der Waals surface area contributed by atoms with Gasteiger partial charge in [-0.15, -0.1) is 0 Å². The van der Waals surface area contributed by atoms with Crippen LogP contribution < -0.4 is 0 Å². The van der Waals surface area contributed by atoms with Gasteiger partial charge in [-0.05, 0) is 343 Å². The van der Waals surface area contributed by atoms with E-state index in [1.165, 1.54) is 22.3 Å². The second-order valence-corrected chi connectivity index (χ2v) is 22.8. The van der Waals surface area contributed by atoms with Crippen LogP contribution in [0.1, 0.15) is 156 Å². The number of aryl methyl sites for hydroxylation is 16. The molecule has 0 saturated heterocycles. The fourth-order valence-electron chi connectivity index (χ4n) is 14.7. The molecule has 9 aromatic carbocycles. The summed E-state index contributed by atoms with van der Waals surface area (Å²) in [4.78, 5) is 0. The van der Waals surface area contributed by atoms with E-state index in [0.29, 0.717) is 43.1 Å². The largest absolute Gasteiger partial charge is 0.300 e. The first-order chi connectivity index (χ1) is 34.2. The van der Waals surface area contributed by atoms with Gasteiger partial charge in [0.05, 0.1) is 0 Å². The number of hydrogen-bond donors (Lipinski definition) is 0. The zero-order valence-electron chi connectivity index (χ0n) is 48.3. The molecule has 0 bridgehead atoms. The molecule has 6 heteroatoms. The zero-order valence-corrected chi connectivity index (χ0v) is 48.3. The van der Waals surface area contributed by atoms with Gasteiger partial charge in [0.15, 0.2) is 0 Å². The molecule has 0 N–H and O–H groups in total. The van der Waals surface area contributed by atoms with Gasteiger partial charge in [0.1, 0.15) is 11.6 Å². The predicted octanol–water partition coefficient (Wildman–Crippen LogP) is 20.6. The summed E-state index contributed by atoms with van der Waals surface area (Å²) < 4.78 is 102. The molecule has 0 spiro atoms. The van der Waals surface area contributed by atoms with E-state index in [-0.39, 0.29) is 33.9 Å². The quantitative estimate of drug-likeness (QED) is 0.105. The number of hydrogen-bond acceptors (Lipinski definition) is 0. The van der Waals surface area contributed by atoms with Gasteiger partial charge >= 0.3 is 0 Å². The number of benzene rings is 9. The van der Waals surface area contributed by atoms with Crippen LogP contribution in [0.3, 0.4) is 0 Å². The van der Waals surface area contributed by atoms with Crippen molar-refractivity contribution in [3.8, 4) is 0 Å². The van der Waals surface area contributed by atoms with Crippen LogP contribution in [0.4, 0.5) is 26.3 Å². The molecule has 0 aliphatic heterocycles. The van der Waals surface area contributed by atoms with Crippen LogP contribution in [0.5, 0.6) is 0 Å². The smallest absolute Gasteiger partial charge is 0.206 e. The van der Waals surface area contributed by atoms with Crippen LogP contribution in [0.15, 0.2) is 0 Å². The summed E-state index contributed by atoms with van der Waals surface area (Å²) in [5.41, 5.74) is 19.3. The van der Waals surface area contributed by atoms with Gasteiger partial charge in [-0.25, -0.2) is 8.78 Å². The molecule has 1 aliphatic rings. The van der Waals surface area contributed by atoms with E-state index in [0.717, 1.165) is 111 Å². The molecule has 0 unspecified atom stereocenters. The minimum absolute atomic E-state index is 0.254. The van der Waals surface area contributed by atoms with Gasteiger partial charge < -0.3 is 0 Å². The molecule has 1 aliphatic carbocycles. The van der Waals surface area contributed by atoms with Gasteiger partial charge in [0, 0.05) is 43.8 Å². The van der Waals surface area contributed by atoms with Gasteiger partial charge in [-0.1, -0.05) is 0 Å². The van der Waals surface area contributed by atoms with Crippen molar-refractivity contribution < 1.29 is 26.3 Å². The molecule has 0 fully saturated rings. The minimum atomic E-state index is -3.57. The lowest BCUT2D eigenvalue weighted by Crippen LogP contribution is -2.37. The lowest BCUT2D eigenvalue weighted by molar-refractivity contribution is -0.0129. The molecule has 0 atom stereocenters. The Morgan fingerprint density at radius 2 is 0.284 bits per heavy atom. The summed E-state index contributed by atoms with van der Waals surface area (Å²) >= 11 is 0. The van der Waals surface area contributed by atoms with Gasteiger partial charge in [0.25, 0.3) is 11.8 Å². The molecule has 10 rings (SSSR count). The van der Waals surface area contributed by atoms with Crippen LogP contribution in [0.2, 0.25) is 0 Å². The maximum atomic E-state index is 17.0. The number of rotatable bonds is 0. The fraction of sp³-hybridized carbons (Fsp3) is 0.382. The molecule has 0 saturated carbocycles. The second kappa shape index (κ2) is 16.8. The van der Waals surface area contributed by atoms with Crippen molar-refractivity contribution in [2.45, 2.75) is 178 Å². The Bertz CT molecular complexity index is 3630. The molecular formula is C68H72F6. The molecule has 0 radical (unpaired) electrons. The van der Waals surface area contributed by atoms with Gasteiger partial charge in [-0.3, -0.25) is 0 Å². The van der Waals surface area contributed by atoms with E-state index in [1.807, 2.05) is 83.1 Å². The van der Waals surface area contributed by atoms with Crippen LogP contribution in [-0.4, -0.2) is 0 Å². The second-order valence-electron chi connectivity index (χ2n) is 22.8. The number of alkyl halides is 4. The first-order valence-corrected chi connectivity index (χ1v) is 26.1. The maximum absolute atomic E-state index is 17.0. The summed E-state index contributed by atoms with van der Waals surface area (Å²) in [7, 11) is 0. The Labute approximate surface area is 434 Å². The molecule has 74 heavy (non-hydrogen) atoms. The summed E-state index contributed by atoms with van der Waals surface area (Å²) in [6.07, 6.45) is 0. The molecule has 0 nitrogen and oxygen atoms in total. The van der Waals surface area contributed by atoms with Gasteiger partial charge in [-0.2, -0.15) is 17.6 Å². The highest BCUT2D eigenvalue weighted by Gasteiger charge is 2.57. The van der Waals surface area contributed by atoms with Crippen LogP contribution in [-0.2, 0) is 11.8 Å². The Morgan fingerprint density at radius 3 is 0.419 bits per heavy atom. The summed E-state index contributed by atoms with van der Waals surface area (Å²) in [6, 6.07) is 0. The first kappa shape index (κ1) is 53.0. The normalized spacial score (nSPS) is 14.0. The lowest BCUT2D eigenvalue weighted by Gasteiger charge is -2.40.